The maximum Gasteiger partial charge on any atom is 0.0239 e. The highest BCUT2D eigenvalue weighted by molar-refractivity contribution is 7.78. The standard InChI is InChI=1S/C23H28P2/c1-5-24(23(2,3)4)21-17-12-18-22(21)25(19-13-8-6-9-14-19)20-15-10-7-11-16-20/h6-18,21H,5H2,1-4H3/t21?,24-/m0/s1. The lowest BCUT2D eigenvalue weighted by molar-refractivity contribution is 0.777. The molecule has 0 radical (unpaired) electrons. The van der Waals surface area contributed by atoms with Crippen molar-refractivity contribution in [3.63, 3.8) is 0 Å². The van der Waals surface area contributed by atoms with E-state index in [4.69, 9.17) is 0 Å². The minimum Gasteiger partial charge on any atom is -0.0897 e. The molecular weight excluding hydrogens is 338 g/mol. The topological polar surface area (TPSA) is 0 Å². The molecule has 0 spiro atoms. The Morgan fingerprint density at radius 2 is 1.36 bits per heavy atom. The first-order chi connectivity index (χ1) is 12.0. The predicted octanol–water partition coefficient (Wildman–Crippen LogP) is 6.24. The number of rotatable bonds is 5. The second-order valence-electron chi connectivity index (χ2n) is 7.38. The van der Waals surface area contributed by atoms with Gasteiger partial charge in [-0.2, -0.15) is 0 Å². The number of hydrogen-bond acceptors (Lipinski definition) is 0. The summed E-state index contributed by atoms with van der Waals surface area (Å²) in [6.07, 6.45) is 8.46. The number of benzene rings is 2. The zero-order valence-electron chi connectivity index (χ0n) is 15.7. The molecule has 0 N–H and O–H groups in total. The SMILES string of the molecule is CC[P@@](C1C=CC=C1P(c1ccccc1)c1ccccc1)C(C)(C)C. The fraction of sp³-hybridized carbons (Fsp3) is 0.304. The van der Waals surface area contributed by atoms with Gasteiger partial charge in [0.05, 0.1) is 0 Å². The van der Waals surface area contributed by atoms with Crippen LogP contribution in [0.2, 0.25) is 0 Å². The fourth-order valence-corrected chi connectivity index (χ4v) is 9.69. The molecule has 0 fully saturated rings. The van der Waals surface area contributed by atoms with Crippen LogP contribution in [0.5, 0.6) is 0 Å². The quantitative estimate of drug-likeness (QED) is 0.549. The molecular formula is C23H28P2. The molecule has 1 aliphatic carbocycles. The van der Waals surface area contributed by atoms with E-state index in [1.807, 2.05) is 0 Å². The van der Waals surface area contributed by atoms with E-state index < -0.39 is 7.92 Å². The van der Waals surface area contributed by atoms with Crippen LogP contribution in [0.15, 0.2) is 84.2 Å². The Kier molecular flexibility index (Phi) is 5.93. The van der Waals surface area contributed by atoms with Crippen LogP contribution in [0.1, 0.15) is 27.7 Å². The van der Waals surface area contributed by atoms with E-state index in [1.54, 1.807) is 5.31 Å². The second kappa shape index (κ2) is 7.99. The van der Waals surface area contributed by atoms with Crippen LogP contribution in [0.4, 0.5) is 0 Å². The number of hydrogen-bond donors (Lipinski definition) is 0. The minimum atomic E-state index is -0.462. The monoisotopic (exact) mass is 366 g/mol. The molecule has 2 heteroatoms. The van der Waals surface area contributed by atoms with Gasteiger partial charge in [0.2, 0.25) is 0 Å². The first kappa shape index (κ1) is 18.6. The van der Waals surface area contributed by atoms with Gasteiger partial charge in [0, 0.05) is 5.66 Å². The zero-order chi connectivity index (χ0) is 17.9. The highest BCUT2D eigenvalue weighted by atomic mass is 31.1. The minimum absolute atomic E-state index is 0.0920. The first-order valence-corrected chi connectivity index (χ1v) is 12.0. The molecule has 0 aromatic heterocycles. The van der Waals surface area contributed by atoms with Crippen molar-refractivity contribution in [2.75, 3.05) is 6.16 Å². The molecule has 1 unspecified atom stereocenters. The van der Waals surface area contributed by atoms with Crippen molar-refractivity contribution in [2.24, 2.45) is 0 Å². The largest absolute Gasteiger partial charge is 0.0897 e. The molecule has 2 atom stereocenters. The van der Waals surface area contributed by atoms with Crippen LogP contribution in [0, 0.1) is 0 Å². The van der Waals surface area contributed by atoms with Crippen LogP contribution in [0.25, 0.3) is 0 Å². The van der Waals surface area contributed by atoms with Crippen molar-refractivity contribution in [2.45, 2.75) is 38.5 Å². The van der Waals surface area contributed by atoms with Crippen molar-refractivity contribution >= 4 is 26.5 Å². The van der Waals surface area contributed by atoms with E-state index in [2.05, 4.69) is 107 Å². The fourth-order valence-electron chi connectivity index (χ4n) is 3.62. The van der Waals surface area contributed by atoms with Crippen LogP contribution < -0.4 is 10.6 Å². The van der Waals surface area contributed by atoms with Gasteiger partial charge in [-0.05, 0) is 35.2 Å². The van der Waals surface area contributed by atoms with Gasteiger partial charge in [-0.15, -0.1) is 0 Å². The molecule has 0 bridgehead atoms. The van der Waals surface area contributed by atoms with Crippen molar-refractivity contribution in [3.8, 4) is 0 Å². The molecule has 130 valence electrons. The molecule has 0 saturated heterocycles. The normalized spacial score (nSPS) is 18.4. The maximum atomic E-state index is 2.47. The zero-order valence-corrected chi connectivity index (χ0v) is 17.5. The van der Waals surface area contributed by atoms with Crippen molar-refractivity contribution in [1.29, 1.82) is 0 Å². The van der Waals surface area contributed by atoms with Gasteiger partial charge in [0.15, 0.2) is 0 Å². The summed E-state index contributed by atoms with van der Waals surface area (Å²) in [5.41, 5.74) is 0.603. The van der Waals surface area contributed by atoms with Crippen molar-refractivity contribution < 1.29 is 0 Å². The molecule has 0 heterocycles. The summed E-state index contributed by atoms with van der Waals surface area (Å²) in [7, 11) is -0.554. The van der Waals surface area contributed by atoms with Crippen LogP contribution >= 0.6 is 15.8 Å². The van der Waals surface area contributed by atoms with Gasteiger partial charge in [-0.1, -0.05) is 115 Å². The lowest BCUT2D eigenvalue weighted by atomic mass is 10.3. The highest BCUT2D eigenvalue weighted by Gasteiger charge is 2.35. The van der Waals surface area contributed by atoms with E-state index in [0.29, 0.717) is 10.8 Å². The molecule has 0 amide bonds. The van der Waals surface area contributed by atoms with E-state index in [1.165, 1.54) is 16.8 Å². The van der Waals surface area contributed by atoms with Gasteiger partial charge in [0.1, 0.15) is 0 Å². The van der Waals surface area contributed by atoms with Crippen molar-refractivity contribution in [3.05, 3.63) is 84.2 Å². The van der Waals surface area contributed by atoms with E-state index in [-0.39, 0.29) is 7.92 Å². The van der Waals surface area contributed by atoms with E-state index in [9.17, 15) is 0 Å². The lowest BCUT2D eigenvalue weighted by Crippen LogP contribution is -2.23. The Hall–Kier alpha value is -1.22. The molecule has 3 rings (SSSR count). The van der Waals surface area contributed by atoms with Crippen molar-refractivity contribution in [1.82, 2.24) is 0 Å². The summed E-state index contributed by atoms with van der Waals surface area (Å²) in [4.78, 5) is 0. The summed E-state index contributed by atoms with van der Waals surface area (Å²) >= 11 is 0. The Bertz CT molecular complexity index is 699. The third kappa shape index (κ3) is 4.13. The van der Waals surface area contributed by atoms with E-state index in [0.717, 1.165) is 0 Å². The molecule has 0 saturated carbocycles. The maximum absolute atomic E-state index is 2.47. The summed E-state index contributed by atoms with van der Waals surface area (Å²) in [6.45, 7) is 9.62. The third-order valence-corrected chi connectivity index (χ3v) is 11.0. The number of allylic oxidation sites excluding steroid dienone is 4. The Morgan fingerprint density at radius 3 is 1.80 bits per heavy atom. The average Bonchev–Trinajstić information content (AvgIpc) is 3.05. The Labute approximate surface area is 155 Å². The van der Waals surface area contributed by atoms with Crippen LogP contribution in [-0.2, 0) is 0 Å². The Balaban J connectivity index is 2.05. The predicted molar refractivity (Wildman–Crippen MR) is 117 cm³/mol. The summed E-state index contributed by atoms with van der Waals surface area (Å²) in [5.74, 6) is 0. The molecule has 0 nitrogen and oxygen atoms in total. The average molecular weight is 366 g/mol. The first-order valence-electron chi connectivity index (χ1n) is 9.07. The molecule has 25 heavy (non-hydrogen) atoms. The van der Waals surface area contributed by atoms with Gasteiger partial charge < -0.3 is 0 Å². The third-order valence-electron chi connectivity index (χ3n) is 4.69. The highest BCUT2D eigenvalue weighted by Crippen LogP contribution is 2.62. The second-order valence-corrected chi connectivity index (χ2v) is 13.1. The smallest absolute Gasteiger partial charge is 0.0239 e. The summed E-state index contributed by atoms with van der Waals surface area (Å²) in [6, 6.07) is 22.2. The Morgan fingerprint density at radius 1 is 0.840 bits per heavy atom. The summed E-state index contributed by atoms with van der Waals surface area (Å²) < 4.78 is 0. The van der Waals surface area contributed by atoms with Crippen LogP contribution in [-0.4, -0.2) is 17.0 Å². The van der Waals surface area contributed by atoms with Gasteiger partial charge >= 0.3 is 0 Å². The van der Waals surface area contributed by atoms with Gasteiger partial charge in [-0.25, -0.2) is 0 Å². The van der Waals surface area contributed by atoms with Gasteiger partial charge in [0.25, 0.3) is 0 Å². The molecule has 2 aromatic carbocycles. The lowest BCUT2D eigenvalue weighted by Gasteiger charge is -2.38. The molecule has 0 aliphatic heterocycles. The van der Waals surface area contributed by atoms with E-state index >= 15 is 0 Å². The van der Waals surface area contributed by atoms with Gasteiger partial charge in [-0.3, -0.25) is 0 Å². The molecule has 2 aromatic rings. The summed E-state index contributed by atoms with van der Waals surface area (Å²) in [5, 5.41) is 4.93. The van der Waals surface area contributed by atoms with Crippen LogP contribution in [0.3, 0.4) is 0 Å². The molecule has 1 aliphatic rings.